The van der Waals surface area contributed by atoms with E-state index in [4.69, 9.17) is 0 Å². The number of nitrogens with zero attached hydrogens (tertiary/aromatic N) is 1. The van der Waals surface area contributed by atoms with Gasteiger partial charge in [0.25, 0.3) is 15.8 Å². The average molecular weight is 419 g/mol. The number of nitrogens with one attached hydrogen (secondary N) is 3. The molecular formula is C22H34N4O2S+2. The first kappa shape index (κ1) is 21.6. The second kappa shape index (κ2) is 9.13. The Morgan fingerprint density at radius 3 is 2.31 bits per heavy atom. The van der Waals surface area contributed by atoms with Crippen LogP contribution in [0.2, 0.25) is 0 Å². The van der Waals surface area contributed by atoms with Gasteiger partial charge in [0.05, 0.1) is 19.8 Å². The Morgan fingerprint density at radius 2 is 1.76 bits per heavy atom. The summed E-state index contributed by atoms with van der Waals surface area (Å²) in [5.74, 6) is 0.845. The number of benzene rings is 1. The van der Waals surface area contributed by atoms with Crippen LogP contribution < -0.4 is 19.5 Å². The molecular weight excluding hydrogens is 384 g/mol. The molecule has 1 aromatic carbocycles. The van der Waals surface area contributed by atoms with Gasteiger partial charge in [-0.1, -0.05) is 24.6 Å². The molecule has 3 N–H and O–H groups in total. The van der Waals surface area contributed by atoms with Gasteiger partial charge in [-0.25, -0.2) is 13.4 Å². The van der Waals surface area contributed by atoms with Crippen molar-refractivity contribution in [2.75, 3.05) is 36.8 Å². The molecule has 0 saturated heterocycles. The first-order valence-electron chi connectivity index (χ1n) is 10.5. The molecule has 6 nitrogen and oxygen atoms in total. The standard InChI is InChI=1S/C22H32N4O2S/c1-4-26(19-11-7-5-8-12-19)29(27,28)20-13-14-21(23-17-20)24-18-22(25(2)3)15-9-6-10-16-22/h5,7-8,11-14,17H,4,6,9-10,15-16,18H2,1-3H3,(H,23,24)/p+2. The molecule has 1 aliphatic carbocycles. The Hall–Kier alpha value is -2.12. The molecule has 29 heavy (non-hydrogen) atoms. The highest BCUT2D eigenvalue weighted by atomic mass is 32.2. The predicted molar refractivity (Wildman–Crippen MR) is 117 cm³/mol. The lowest BCUT2D eigenvalue weighted by Crippen LogP contribution is -3.16. The number of quaternary nitrogens is 1. The molecule has 0 spiro atoms. The SMILES string of the molecule is CCN(c1ccccc1)S(=O)(=O)c1ccc(NCC2([NH+](C)C)CCCCC2)[nH+]c1. The molecule has 1 aromatic heterocycles. The minimum absolute atomic E-state index is 0.239. The minimum atomic E-state index is -3.61. The van der Waals surface area contributed by atoms with Crippen LogP contribution in [0.4, 0.5) is 11.5 Å². The lowest BCUT2D eigenvalue weighted by atomic mass is 9.80. The number of pyridine rings is 1. The molecule has 7 heteroatoms. The third kappa shape index (κ3) is 4.73. The van der Waals surface area contributed by atoms with Gasteiger partial charge in [-0.15, -0.1) is 0 Å². The second-order valence-corrected chi connectivity index (χ2v) is 10.0. The van der Waals surface area contributed by atoms with Crippen molar-refractivity contribution in [1.82, 2.24) is 0 Å². The van der Waals surface area contributed by atoms with Crippen molar-refractivity contribution in [3.05, 3.63) is 48.7 Å². The second-order valence-electron chi connectivity index (χ2n) is 8.14. The van der Waals surface area contributed by atoms with Gasteiger partial charge in [0.2, 0.25) is 0 Å². The quantitative estimate of drug-likeness (QED) is 0.689. The summed E-state index contributed by atoms with van der Waals surface area (Å²) >= 11 is 0. The van der Waals surface area contributed by atoms with Gasteiger partial charge < -0.3 is 4.90 Å². The third-order valence-electron chi connectivity index (χ3n) is 6.19. The number of aromatic amines is 1. The van der Waals surface area contributed by atoms with Gasteiger partial charge in [0.1, 0.15) is 23.2 Å². The number of anilines is 2. The first-order valence-corrected chi connectivity index (χ1v) is 12.0. The van der Waals surface area contributed by atoms with Crippen molar-refractivity contribution in [2.24, 2.45) is 0 Å². The smallest absolute Gasteiger partial charge is 0.272 e. The number of hydrogen-bond donors (Lipinski definition) is 2. The Labute approximate surface area is 175 Å². The average Bonchev–Trinajstić information content (AvgIpc) is 2.74. The van der Waals surface area contributed by atoms with Crippen LogP contribution in [-0.4, -0.2) is 41.1 Å². The maximum absolute atomic E-state index is 13.1. The Bertz CT molecular complexity index is 877. The van der Waals surface area contributed by atoms with E-state index in [0.717, 1.165) is 12.4 Å². The topological polar surface area (TPSA) is 68.0 Å². The number of rotatable bonds is 8. The van der Waals surface area contributed by atoms with Gasteiger partial charge >= 0.3 is 0 Å². The third-order valence-corrected chi connectivity index (χ3v) is 8.09. The van der Waals surface area contributed by atoms with Crippen LogP contribution in [0, 0.1) is 0 Å². The lowest BCUT2D eigenvalue weighted by Gasteiger charge is -2.38. The Kier molecular flexibility index (Phi) is 6.80. The summed E-state index contributed by atoms with van der Waals surface area (Å²) < 4.78 is 27.6. The van der Waals surface area contributed by atoms with E-state index < -0.39 is 10.0 Å². The molecule has 0 aliphatic heterocycles. The molecule has 1 fully saturated rings. The first-order chi connectivity index (χ1) is 13.9. The lowest BCUT2D eigenvalue weighted by molar-refractivity contribution is -0.915. The van der Waals surface area contributed by atoms with E-state index in [0.29, 0.717) is 12.2 Å². The highest BCUT2D eigenvalue weighted by Crippen LogP contribution is 2.26. The molecule has 2 aromatic rings. The van der Waals surface area contributed by atoms with Crippen LogP contribution in [0.25, 0.3) is 0 Å². The van der Waals surface area contributed by atoms with E-state index in [1.807, 2.05) is 43.3 Å². The monoisotopic (exact) mass is 418 g/mol. The van der Waals surface area contributed by atoms with Gasteiger partial charge in [-0.3, -0.25) is 9.62 Å². The summed E-state index contributed by atoms with van der Waals surface area (Å²) in [5.41, 5.74) is 0.911. The number of hydrogen-bond acceptors (Lipinski definition) is 3. The summed E-state index contributed by atoms with van der Waals surface area (Å²) in [6.07, 6.45) is 7.90. The molecule has 0 amide bonds. The summed E-state index contributed by atoms with van der Waals surface area (Å²) in [6.45, 7) is 3.10. The van der Waals surface area contributed by atoms with E-state index >= 15 is 0 Å². The zero-order valence-corrected chi connectivity index (χ0v) is 18.6. The van der Waals surface area contributed by atoms with Crippen LogP contribution in [0.5, 0.6) is 0 Å². The van der Waals surface area contributed by atoms with Crippen LogP contribution in [0.15, 0.2) is 53.6 Å². The summed E-state index contributed by atoms with van der Waals surface area (Å²) in [4.78, 5) is 4.88. The van der Waals surface area contributed by atoms with Gasteiger partial charge in [-0.2, -0.15) is 0 Å². The van der Waals surface area contributed by atoms with Gasteiger partial charge in [0.15, 0.2) is 0 Å². The van der Waals surface area contributed by atoms with Crippen molar-refractivity contribution in [3.8, 4) is 0 Å². The number of sulfonamides is 1. The molecule has 1 aliphatic rings. The highest BCUT2D eigenvalue weighted by molar-refractivity contribution is 7.92. The van der Waals surface area contributed by atoms with E-state index in [9.17, 15) is 8.42 Å². The van der Waals surface area contributed by atoms with E-state index in [-0.39, 0.29) is 10.4 Å². The number of H-pyrrole nitrogens is 1. The molecule has 0 atom stereocenters. The Balaban J connectivity index is 1.74. The van der Waals surface area contributed by atoms with Crippen molar-refractivity contribution in [2.45, 2.75) is 49.5 Å². The van der Waals surface area contributed by atoms with E-state index in [2.05, 4.69) is 24.4 Å². The summed E-state index contributed by atoms with van der Waals surface area (Å²) in [5, 5.41) is 3.51. The fraction of sp³-hybridized carbons (Fsp3) is 0.500. The fourth-order valence-electron chi connectivity index (χ4n) is 4.24. The molecule has 3 rings (SSSR count). The number of likely N-dealkylation sites (N-methyl/N-ethyl adjacent to an activating group) is 1. The zero-order valence-electron chi connectivity index (χ0n) is 17.7. The Morgan fingerprint density at radius 1 is 1.07 bits per heavy atom. The number of aromatic nitrogens is 1. The molecule has 158 valence electrons. The van der Waals surface area contributed by atoms with Gasteiger partial charge in [-0.05, 0) is 38.0 Å². The van der Waals surface area contributed by atoms with Crippen LogP contribution in [0.1, 0.15) is 39.0 Å². The fourth-order valence-corrected chi connectivity index (χ4v) is 5.68. The van der Waals surface area contributed by atoms with Crippen LogP contribution in [0.3, 0.4) is 0 Å². The van der Waals surface area contributed by atoms with Crippen molar-refractivity contribution >= 4 is 21.5 Å². The van der Waals surface area contributed by atoms with E-state index in [1.54, 1.807) is 12.3 Å². The van der Waals surface area contributed by atoms with E-state index in [1.165, 1.54) is 41.3 Å². The normalized spacial score (nSPS) is 16.6. The molecule has 0 radical (unpaired) electrons. The van der Waals surface area contributed by atoms with Crippen molar-refractivity contribution < 1.29 is 18.3 Å². The predicted octanol–water partition coefficient (Wildman–Crippen LogP) is 1.98. The zero-order chi connectivity index (χ0) is 20.9. The van der Waals surface area contributed by atoms with Crippen molar-refractivity contribution in [3.63, 3.8) is 0 Å². The van der Waals surface area contributed by atoms with Crippen LogP contribution in [-0.2, 0) is 10.0 Å². The largest absolute Gasteiger partial charge is 0.332 e. The van der Waals surface area contributed by atoms with Crippen LogP contribution >= 0.6 is 0 Å². The summed E-state index contributed by atoms with van der Waals surface area (Å²) in [6, 6.07) is 12.7. The highest BCUT2D eigenvalue weighted by Gasteiger charge is 2.39. The maximum atomic E-state index is 13.1. The minimum Gasteiger partial charge on any atom is -0.332 e. The molecule has 1 saturated carbocycles. The molecule has 0 bridgehead atoms. The molecule has 1 heterocycles. The summed E-state index contributed by atoms with van der Waals surface area (Å²) in [7, 11) is 0.851. The molecule has 0 unspecified atom stereocenters. The van der Waals surface area contributed by atoms with Gasteiger partial charge in [0, 0.05) is 25.5 Å². The maximum Gasteiger partial charge on any atom is 0.272 e. The number of para-hydroxylation sites is 1. The van der Waals surface area contributed by atoms with Crippen molar-refractivity contribution in [1.29, 1.82) is 0 Å².